The lowest BCUT2D eigenvalue weighted by Crippen LogP contribution is -2.25. The molecule has 0 amide bonds. The summed E-state index contributed by atoms with van der Waals surface area (Å²) in [6, 6.07) is 1.23. The first-order chi connectivity index (χ1) is 18.8. The van der Waals surface area contributed by atoms with Gasteiger partial charge in [0.2, 0.25) is 0 Å². The second-order valence-electron chi connectivity index (χ2n) is 9.55. The number of halogens is 10. The van der Waals surface area contributed by atoms with E-state index in [0.717, 1.165) is 25.7 Å². The van der Waals surface area contributed by atoms with Crippen molar-refractivity contribution >= 4 is 17.4 Å². The molecular weight excluding hydrogens is 575 g/mol. The molecule has 3 rings (SSSR count). The van der Waals surface area contributed by atoms with Crippen molar-refractivity contribution in [3.8, 4) is 11.5 Å². The molecule has 1 saturated carbocycles. The average Bonchev–Trinajstić information content (AvgIpc) is 2.86. The lowest BCUT2D eigenvalue weighted by molar-refractivity contribution is -0.189. The van der Waals surface area contributed by atoms with Crippen LogP contribution in [0.4, 0.5) is 39.5 Å². The Kier molecular flexibility index (Phi) is 10.9. The van der Waals surface area contributed by atoms with Crippen LogP contribution in [0.1, 0.15) is 69.4 Å². The van der Waals surface area contributed by atoms with E-state index >= 15 is 0 Å². The summed E-state index contributed by atoms with van der Waals surface area (Å²) < 4.78 is 136. The molecule has 0 aliphatic heterocycles. The Balaban J connectivity index is 1.78. The molecule has 1 aliphatic rings. The van der Waals surface area contributed by atoms with Crippen LogP contribution in [0.2, 0.25) is 5.02 Å². The van der Waals surface area contributed by atoms with Gasteiger partial charge in [-0.2, -0.15) is 17.6 Å². The molecule has 0 aromatic heterocycles. The first-order valence-corrected chi connectivity index (χ1v) is 13.0. The van der Waals surface area contributed by atoms with Crippen molar-refractivity contribution in [2.75, 3.05) is 0 Å². The molecule has 1 fully saturated rings. The summed E-state index contributed by atoms with van der Waals surface area (Å²) in [5.41, 5.74) is -2.85. The monoisotopic (exact) mass is 600 g/mol. The van der Waals surface area contributed by atoms with E-state index in [-0.39, 0.29) is 24.5 Å². The maximum atomic E-state index is 14.9. The third-order valence-electron chi connectivity index (χ3n) is 6.70. The molecule has 2 nitrogen and oxygen atoms in total. The van der Waals surface area contributed by atoms with E-state index in [1.54, 1.807) is 0 Å². The maximum Gasteiger partial charge on any atom is 0.432 e. The van der Waals surface area contributed by atoms with Crippen molar-refractivity contribution in [1.29, 1.82) is 0 Å². The fraction of sp³-hybridized carbons (Fsp3) is 0.429. The number of benzene rings is 2. The first kappa shape index (κ1) is 31.7. The Bertz CT molecular complexity index is 1200. The second-order valence-corrected chi connectivity index (χ2v) is 9.96. The first-order valence-electron chi connectivity index (χ1n) is 12.6. The standard InChI is InChI=1S/C28H26ClF9O2/c1-2-3-4-5-15-6-8-16(9-7-15)25(35)26(36)17-10-20(30)24(21(31)11-17)28(37,38)40-18-12-19(29)27(22(32)13-18)39-14-23(33)34/h10-16H,2-9H2,1H3. The highest BCUT2D eigenvalue weighted by Crippen LogP contribution is 2.42. The molecule has 40 heavy (non-hydrogen) atoms. The molecule has 12 heteroatoms. The van der Waals surface area contributed by atoms with Gasteiger partial charge in [0.05, 0.1) is 5.02 Å². The van der Waals surface area contributed by atoms with Gasteiger partial charge in [-0.15, -0.1) is 0 Å². The average molecular weight is 601 g/mol. The molecular formula is C28H26ClF9O2. The third-order valence-corrected chi connectivity index (χ3v) is 6.98. The van der Waals surface area contributed by atoms with E-state index in [1.807, 2.05) is 0 Å². The third kappa shape index (κ3) is 7.89. The molecule has 220 valence electrons. The van der Waals surface area contributed by atoms with Crippen molar-refractivity contribution in [3.05, 3.63) is 76.0 Å². The van der Waals surface area contributed by atoms with Crippen LogP contribution in [0, 0.1) is 29.3 Å². The summed E-state index contributed by atoms with van der Waals surface area (Å²) in [7, 11) is 0. The van der Waals surface area contributed by atoms with E-state index in [4.69, 9.17) is 11.6 Å². The molecule has 2 aromatic carbocycles. The number of hydrogen-bond acceptors (Lipinski definition) is 2. The number of alkyl halides is 2. The van der Waals surface area contributed by atoms with E-state index in [9.17, 15) is 39.5 Å². The van der Waals surface area contributed by atoms with Gasteiger partial charge in [-0.1, -0.05) is 44.2 Å². The van der Waals surface area contributed by atoms with Crippen LogP contribution >= 0.6 is 11.6 Å². The van der Waals surface area contributed by atoms with E-state index in [1.165, 1.54) is 0 Å². The molecule has 0 saturated heterocycles. The van der Waals surface area contributed by atoms with Crippen molar-refractivity contribution in [2.24, 2.45) is 11.8 Å². The van der Waals surface area contributed by atoms with Crippen LogP contribution < -0.4 is 9.47 Å². The quantitative estimate of drug-likeness (QED) is 0.145. The van der Waals surface area contributed by atoms with Gasteiger partial charge in [0.1, 0.15) is 28.8 Å². The van der Waals surface area contributed by atoms with E-state index in [2.05, 4.69) is 16.4 Å². The summed E-state index contributed by atoms with van der Waals surface area (Å²) in [5, 5.41) is -0.766. The normalized spacial score (nSPS) is 18.3. The molecule has 0 bridgehead atoms. The van der Waals surface area contributed by atoms with Crippen LogP contribution in [-0.2, 0) is 6.11 Å². The minimum atomic E-state index is -4.77. The molecule has 1 aliphatic carbocycles. The minimum Gasteiger partial charge on any atom is -0.455 e. The summed E-state index contributed by atoms with van der Waals surface area (Å²) in [4.78, 5) is 0. The summed E-state index contributed by atoms with van der Waals surface area (Å²) in [6.45, 7) is 2.08. The molecule has 0 N–H and O–H groups in total. The predicted molar refractivity (Wildman–Crippen MR) is 132 cm³/mol. The maximum absolute atomic E-state index is 14.9. The smallest absolute Gasteiger partial charge is 0.432 e. The molecule has 0 radical (unpaired) electrons. The van der Waals surface area contributed by atoms with Crippen molar-refractivity contribution < 1.29 is 49.0 Å². The van der Waals surface area contributed by atoms with Crippen LogP contribution in [0.25, 0.3) is 5.83 Å². The van der Waals surface area contributed by atoms with Crippen molar-refractivity contribution in [1.82, 2.24) is 0 Å². The number of ether oxygens (including phenoxy) is 2. The van der Waals surface area contributed by atoms with Gasteiger partial charge in [-0.25, -0.2) is 22.0 Å². The van der Waals surface area contributed by atoms with Crippen molar-refractivity contribution in [3.63, 3.8) is 0 Å². The Morgan fingerprint density at radius 2 is 1.55 bits per heavy atom. The highest BCUT2D eigenvalue weighted by molar-refractivity contribution is 6.32. The summed E-state index contributed by atoms with van der Waals surface area (Å²) in [5.74, 6) is -10.5. The fourth-order valence-electron chi connectivity index (χ4n) is 4.69. The largest absolute Gasteiger partial charge is 0.455 e. The van der Waals surface area contributed by atoms with Gasteiger partial charge >= 0.3 is 12.2 Å². The van der Waals surface area contributed by atoms with Gasteiger partial charge in [-0.3, -0.25) is 0 Å². The van der Waals surface area contributed by atoms with E-state index < -0.39 is 74.9 Å². The van der Waals surface area contributed by atoms with E-state index in [0.29, 0.717) is 37.7 Å². The lowest BCUT2D eigenvalue weighted by Gasteiger charge is -2.28. The Morgan fingerprint density at radius 1 is 0.925 bits per heavy atom. The molecule has 0 unspecified atom stereocenters. The number of hydrogen-bond donors (Lipinski definition) is 0. The van der Waals surface area contributed by atoms with Crippen LogP contribution in [-0.4, -0.2) is 0 Å². The van der Waals surface area contributed by atoms with Gasteiger partial charge in [0.25, 0.3) is 0 Å². The van der Waals surface area contributed by atoms with Crippen LogP contribution in [0.5, 0.6) is 11.5 Å². The Hall–Kier alpha value is -2.82. The molecule has 0 spiro atoms. The Morgan fingerprint density at radius 3 is 2.10 bits per heavy atom. The van der Waals surface area contributed by atoms with Crippen LogP contribution in [0.3, 0.4) is 0 Å². The Labute approximate surface area is 230 Å². The second kappa shape index (κ2) is 13.7. The van der Waals surface area contributed by atoms with Gasteiger partial charge in [0.15, 0.2) is 23.7 Å². The predicted octanol–water partition coefficient (Wildman–Crippen LogP) is 11.0. The molecule has 0 atom stereocenters. The number of rotatable bonds is 11. The minimum absolute atomic E-state index is 0.151. The topological polar surface area (TPSA) is 18.5 Å². The van der Waals surface area contributed by atoms with Crippen molar-refractivity contribution in [2.45, 2.75) is 64.4 Å². The SMILES string of the molecule is CCCCCC1CCC(C(F)=C(F)c2cc(F)c(C(F)(F)Oc3cc(F)c(OC=C(F)F)c(Cl)c3)c(F)c2)CC1. The molecule has 0 heterocycles. The highest BCUT2D eigenvalue weighted by atomic mass is 35.5. The lowest BCUT2D eigenvalue weighted by atomic mass is 9.79. The number of unbranched alkanes of at least 4 members (excludes halogenated alkanes) is 2. The van der Waals surface area contributed by atoms with Crippen LogP contribution in [0.15, 0.2) is 42.4 Å². The van der Waals surface area contributed by atoms with Gasteiger partial charge in [-0.05, 0) is 43.7 Å². The zero-order chi connectivity index (χ0) is 29.6. The zero-order valence-electron chi connectivity index (χ0n) is 21.3. The summed E-state index contributed by atoms with van der Waals surface area (Å²) in [6.07, 6.45) is -0.980. The number of allylic oxidation sites excluding steroid dienone is 1. The molecule has 2 aromatic rings. The van der Waals surface area contributed by atoms with Gasteiger partial charge < -0.3 is 9.47 Å². The highest BCUT2D eigenvalue weighted by Gasteiger charge is 2.42. The fourth-order valence-corrected chi connectivity index (χ4v) is 4.94. The van der Waals surface area contributed by atoms with Gasteiger partial charge in [0, 0.05) is 23.6 Å². The summed E-state index contributed by atoms with van der Waals surface area (Å²) >= 11 is 5.65. The zero-order valence-corrected chi connectivity index (χ0v) is 22.1.